The van der Waals surface area contributed by atoms with Crippen LogP contribution in [0.25, 0.3) is 0 Å². The minimum atomic E-state index is -4.11. The van der Waals surface area contributed by atoms with Crippen LogP contribution in [-0.2, 0) is 0 Å². The van der Waals surface area contributed by atoms with Gasteiger partial charge in [0.1, 0.15) is 0 Å². The summed E-state index contributed by atoms with van der Waals surface area (Å²) in [5.41, 5.74) is 0.105. The molecular weight excluding hydrogens is 261 g/mol. The molecule has 1 spiro atoms. The van der Waals surface area contributed by atoms with Crippen molar-refractivity contribution >= 4 is 16.9 Å². The largest absolute Gasteiger partial charge is 0.390 e. The molecule has 1 heterocycles. The highest BCUT2D eigenvalue weighted by atomic mass is 32.2. The minimum absolute atomic E-state index is 0.105. The van der Waals surface area contributed by atoms with Gasteiger partial charge >= 0.3 is 6.18 Å². The van der Waals surface area contributed by atoms with Crippen LogP contribution in [0.1, 0.15) is 39.0 Å². The fourth-order valence-electron chi connectivity index (χ4n) is 2.46. The van der Waals surface area contributed by atoms with Gasteiger partial charge in [-0.05, 0) is 31.6 Å². The van der Waals surface area contributed by atoms with Crippen molar-refractivity contribution in [3.63, 3.8) is 0 Å². The Morgan fingerprint density at radius 3 is 2.67 bits per heavy atom. The molecule has 2 aliphatic rings. The van der Waals surface area contributed by atoms with Gasteiger partial charge in [0.25, 0.3) is 0 Å². The maximum atomic E-state index is 12.0. The van der Waals surface area contributed by atoms with E-state index in [4.69, 9.17) is 0 Å². The van der Waals surface area contributed by atoms with Crippen LogP contribution in [0.2, 0.25) is 0 Å². The normalized spacial score (nSPS) is 35.1. The number of halogens is 3. The summed E-state index contributed by atoms with van der Waals surface area (Å²) in [6, 6.07) is 0. The van der Waals surface area contributed by atoms with Crippen LogP contribution in [0.3, 0.4) is 0 Å². The van der Waals surface area contributed by atoms with Crippen molar-refractivity contribution in [1.29, 1.82) is 0 Å². The number of nitrogens with zero attached hydrogens (tertiary/aromatic N) is 1. The van der Waals surface area contributed by atoms with Crippen molar-refractivity contribution < 1.29 is 13.2 Å². The first-order valence-corrected chi connectivity index (χ1v) is 7.39. The smallest absolute Gasteiger partial charge is 0.359 e. The van der Waals surface area contributed by atoms with Gasteiger partial charge in [-0.25, -0.2) is 0 Å². The van der Waals surface area contributed by atoms with Gasteiger partial charge in [0.15, 0.2) is 5.17 Å². The van der Waals surface area contributed by atoms with Crippen molar-refractivity contribution in [2.45, 2.75) is 50.7 Å². The van der Waals surface area contributed by atoms with Gasteiger partial charge in [0, 0.05) is 11.3 Å². The highest BCUT2D eigenvalue weighted by Gasteiger charge is 2.39. The Morgan fingerprint density at radius 1 is 1.39 bits per heavy atom. The van der Waals surface area contributed by atoms with E-state index in [1.807, 2.05) is 0 Å². The first-order chi connectivity index (χ1) is 8.39. The summed E-state index contributed by atoms with van der Waals surface area (Å²) in [7, 11) is 0. The lowest BCUT2D eigenvalue weighted by Gasteiger charge is -2.35. The molecule has 0 aromatic heterocycles. The number of rotatable bonds is 2. The summed E-state index contributed by atoms with van der Waals surface area (Å²) in [6.45, 7) is 2.10. The Labute approximate surface area is 110 Å². The molecule has 0 unspecified atom stereocenters. The van der Waals surface area contributed by atoms with E-state index >= 15 is 0 Å². The molecule has 2 rings (SSSR count). The van der Waals surface area contributed by atoms with Crippen LogP contribution >= 0.6 is 11.8 Å². The molecule has 0 radical (unpaired) electrons. The fourth-order valence-corrected chi connectivity index (χ4v) is 3.70. The lowest BCUT2D eigenvalue weighted by atomic mass is 9.78. The molecule has 1 saturated heterocycles. The summed E-state index contributed by atoms with van der Waals surface area (Å²) in [5.74, 6) is 1.72. The average Bonchev–Trinajstić information content (AvgIpc) is 2.65. The minimum Gasteiger partial charge on any atom is -0.359 e. The topological polar surface area (TPSA) is 24.4 Å². The number of thioether (sulfide) groups is 1. The quantitative estimate of drug-likeness (QED) is 0.836. The Morgan fingerprint density at radius 2 is 2.06 bits per heavy atom. The van der Waals surface area contributed by atoms with Gasteiger partial charge in [-0.15, -0.1) is 0 Å². The van der Waals surface area contributed by atoms with Gasteiger partial charge in [-0.3, -0.25) is 4.99 Å². The van der Waals surface area contributed by atoms with Gasteiger partial charge in [0.2, 0.25) is 0 Å². The second-order valence-corrected chi connectivity index (χ2v) is 6.39. The van der Waals surface area contributed by atoms with Gasteiger partial charge in [-0.2, -0.15) is 13.2 Å². The summed E-state index contributed by atoms with van der Waals surface area (Å²) in [4.78, 5) is 4.03. The van der Waals surface area contributed by atoms with Crippen LogP contribution in [0.5, 0.6) is 0 Å². The summed E-state index contributed by atoms with van der Waals surface area (Å²) < 4.78 is 36.1. The number of nitrogens with one attached hydrogen (secondary N) is 1. The molecule has 0 aromatic carbocycles. The van der Waals surface area contributed by atoms with Gasteiger partial charge < -0.3 is 5.32 Å². The second-order valence-electron chi connectivity index (χ2n) is 5.43. The van der Waals surface area contributed by atoms with E-state index in [9.17, 15) is 13.2 Å². The second kappa shape index (κ2) is 5.31. The lowest BCUT2D eigenvalue weighted by molar-refractivity contribution is -0.132. The molecule has 0 atom stereocenters. The number of amidine groups is 1. The molecule has 18 heavy (non-hydrogen) atoms. The van der Waals surface area contributed by atoms with Gasteiger partial charge in [-0.1, -0.05) is 18.7 Å². The van der Waals surface area contributed by atoms with Crippen molar-refractivity contribution in [3.8, 4) is 0 Å². The van der Waals surface area contributed by atoms with E-state index in [2.05, 4.69) is 17.2 Å². The number of aliphatic imine (C=N–C) groups is 1. The van der Waals surface area contributed by atoms with Crippen LogP contribution < -0.4 is 5.32 Å². The highest BCUT2D eigenvalue weighted by molar-refractivity contribution is 8.14. The van der Waals surface area contributed by atoms with E-state index in [0.717, 1.165) is 24.5 Å². The zero-order valence-electron chi connectivity index (χ0n) is 10.5. The molecule has 1 aliphatic heterocycles. The zero-order chi connectivity index (χ0) is 13.2. The standard InChI is InChI=1S/C12H19F3N2S/c1-9-2-4-11(5-3-9)8-18-10(17-11)16-7-6-12(13,14)15/h9H,2-8H2,1H3,(H,16,17). The average molecular weight is 280 g/mol. The predicted molar refractivity (Wildman–Crippen MR) is 68.9 cm³/mol. The molecular formula is C12H19F3N2S. The van der Waals surface area contributed by atoms with Crippen molar-refractivity contribution in [3.05, 3.63) is 0 Å². The Balaban J connectivity index is 1.82. The third-order valence-electron chi connectivity index (χ3n) is 3.74. The molecule has 0 amide bonds. The molecule has 2 nitrogen and oxygen atoms in total. The van der Waals surface area contributed by atoms with Crippen LogP contribution in [-0.4, -0.2) is 29.2 Å². The van der Waals surface area contributed by atoms with E-state index in [1.165, 1.54) is 12.8 Å². The molecule has 0 aromatic rings. The first kappa shape index (κ1) is 14.0. The zero-order valence-corrected chi connectivity index (χ0v) is 11.3. The van der Waals surface area contributed by atoms with Crippen LogP contribution in [0, 0.1) is 5.92 Å². The third-order valence-corrected chi connectivity index (χ3v) is 4.94. The summed E-state index contributed by atoms with van der Waals surface area (Å²) in [5, 5.41) is 4.06. The number of hydrogen-bond acceptors (Lipinski definition) is 2. The summed E-state index contributed by atoms with van der Waals surface area (Å²) >= 11 is 1.57. The van der Waals surface area contributed by atoms with E-state index in [0.29, 0.717) is 5.17 Å². The molecule has 1 N–H and O–H groups in total. The van der Waals surface area contributed by atoms with E-state index < -0.39 is 12.6 Å². The molecule has 1 saturated carbocycles. The lowest BCUT2D eigenvalue weighted by Crippen LogP contribution is -2.46. The molecule has 6 heteroatoms. The van der Waals surface area contributed by atoms with Crippen LogP contribution in [0.15, 0.2) is 4.99 Å². The van der Waals surface area contributed by atoms with Crippen molar-refractivity contribution in [2.75, 3.05) is 12.3 Å². The van der Waals surface area contributed by atoms with Crippen molar-refractivity contribution in [2.24, 2.45) is 10.9 Å². The Bertz CT molecular complexity index is 320. The molecule has 0 bridgehead atoms. The fraction of sp³-hybridized carbons (Fsp3) is 0.917. The van der Waals surface area contributed by atoms with Crippen LogP contribution in [0.4, 0.5) is 13.2 Å². The highest BCUT2D eigenvalue weighted by Crippen LogP contribution is 2.38. The third kappa shape index (κ3) is 3.80. The molecule has 104 valence electrons. The Kier molecular flexibility index (Phi) is 4.14. The monoisotopic (exact) mass is 280 g/mol. The van der Waals surface area contributed by atoms with Gasteiger partial charge in [0.05, 0.1) is 13.0 Å². The maximum absolute atomic E-state index is 12.0. The maximum Gasteiger partial charge on any atom is 0.390 e. The SMILES string of the molecule is CC1CCC2(CC1)CSC(=NCCC(F)(F)F)N2. The molecule has 1 aliphatic carbocycles. The molecule has 2 fully saturated rings. The first-order valence-electron chi connectivity index (χ1n) is 6.41. The van der Waals surface area contributed by atoms with E-state index in [-0.39, 0.29) is 12.1 Å². The number of alkyl halides is 3. The van der Waals surface area contributed by atoms with Crippen molar-refractivity contribution in [1.82, 2.24) is 5.32 Å². The predicted octanol–water partition coefficient (Wildman–Crippen LogP) is 3.58. The number of hydrogen-bond donors (Lipinski definition) is 1. The van der Waals surface area contributed by atoms with E-state index in [1.54, 1.807) is 11.8 Å². The summed E-state index contributed by atoms with van der Waals surface area (Å²) in [6.07, 6.45) is -0.320. The Hall–Kier alpha value is -0.390.